The summed E-state index contributed by atoms with van der Waals surface area (Å²) < 4.78 is 0. The number of nitrogens with one attached hydrogen (secondary N) is 5. The van der Waals surface area contributed by atoms with Crippen molar-refractivity contribution in [2.75, 3.05) is 6.54 Å². The number of hydrogen-bond acceptors (Lipinski definition) is 3. The topological polar surface area (TPSA) is 119 Å². The Kier molecular flexibility index (Phi) is 8.25. The normalized spacial score (nSPS) is 12.6. The van der Waals surface area contributed by atoms with Gasteiger partial charge >= 0.3 is 0 Å². The van der Waals surface area contributed by atoms with Gasteiger partial charge in [-0.05, 0) is 48.1 Å². The maximum Gasteiger partial charge on any atom is 0.242 e. The molecule has 3 amide bonds. The van der Waals surface area contributed by atoms with Gasteiger partial charge in [-0.2, -0.15) is 0 Å². The van der Waals surface area contributed by atoms with E-state index in [1.165, 1.54) is 0 Å². The standard InChI is InChI=1S/C32H33N5O3/c1-21(35-30(38)19-25-17-23-11-5-7-13-27(23)36-25)31(39)37-29(18-24-20-34-28-14-8-6-12-26(24)28)32(40)33-16-15-22-9-3-2-4-10-22/h2-14,17,20-21,29,34,36H,15-16,18-19H2,1H3,(H,33,40)(H,35,38)(H,37,39)/t21-,29+/m0/s1. The minimum Gasteiger partial charge on any atom is -0.361 e. The van der Waals surface area contributed by atoms with Crippen molar-refractivity contribution in [2.24, 2.45) is 0 Å². The molecule has 204 valence electrons. The molecule has 8 heteroatoms. The number of aromatic nitrogens is 2. The zero-order chi connectivity index (χ0) is 27.9. The van der Waals surface area contributed by atoms with Crippen molar-refractivity contribution in [2.45, 2.75) is 38.3 Å². The molecule has 5 aromatic rings. The van der Waals surface area contributed by atoms with Crippen LogP contribution in [-0.4, -0.2) is 46.3 Å². The monoisotopic (exact) mass is 535 g/mol. The summed E-state index contributed by atoms with van der Waals surface area (Å²) in [6.45, 7) is 2.06. The van der Waals surface area contributed by atoms with Gasteiger partial charge in [0.2, 0.25) is 17.7 Å². The van der Waals surface area contributed by atoms with Gasteiger partial charge in [-0.25, -0.2) is 0 Å². The quantitative estimate of drug-likeness (QED) is 0.177. The molecule has 2 aromatic heterocycles. The predicted molar refractivity (Wildman–Crippen MR) is 157 cm³/mol. The lowest BCUT2D eigenvalue weighted by Crippen LogP contribution is -2.54. The summed E-state index contributed by atoms with van der Waals surface area (Å²) >= 11 is 0. The molecule has 8 nitrogen and oxygen atoms in total. The predicted octanol–water partition coefficient (Wildman–Crippen LogP) is 3.78. The van der Waals surface area contributed by atoms with Crippen molar-refractivity contribution in [1.82, 2.24) is 25.9 Å². The van der Waals surface area contributed by atoms with Crippen molar-refractivity contribution in [1.29, 1.82) is 0 Å². The number of carbonyl (C=O) groups is 3. The van der Waals surface area contributed by atoms with Crippen LogP contribution in [0.2, 0.25) is 0 Å². The molecule has 0 saturated heterocycles. The summed E-state index contributed by atoms with van der Waals surface area (Å²) in [7, 11) is 0. The molecule has 5 rings (SSSR count). The van der Waals surface area contributed by atoms with Gasteiger partial charge < -0.3 is 25.9 Å². The first-order valence-corrected chi connectivity index (χ1v) is 13.5. The third-order valence-electron chi connectivity index (χ3n) is 7.00. The highest BCUT2D eigenvalue weighted by molar-refractivity contribution is 5.93. The van der Waals surface area contributed by atoms with Gasteiger partial charge in [-0.1, -0.05) is 66.7 Å². The van der Waals surface area contributed by atoms with Gasteiger partial charge in [0, 0.05) is 41.3 Å². The minimum atomic E-state index is -0.820. The molecule has 0 radical (unpaired) electrons. The van der Waals surface area contributed by atoms with E-state index in [-0.39, 0.29) is 18.2 Å². The molecule has 0 unspecified atom stereocenters. The van der Waals surface area contributed by atoms with E-state index >= 15 is 0 Å². The second-order valence-corrected chi connectivity index (χ2v) is 10.00. The van der Waals surface area contributed by atoms with Gasteiger partial charge in [-0.15, -0.1) is 0 Å². The van der Waals surface area contributed by atoms with Gasteiger partial charge in [0.25, 0.3) is 0 Å². The fourth-order valence-corrected chi connectivity index (χ4v) is 4.88. The number of rotatable bonds is 11. The summed E-state index contributed by atoms with van der Waals surface area (Å²) in [5, 5.41) is 10.6. The average molecular weight is 536 g/mol. The number of fused-ring (bicyclic) bond motifs is 2. The van der Waals surface area contributed by atoms with Crippen LogP contribution in [0.4, 0.5) is 0 Å². The lowest BCUT2D eigenvalue weighted by atomic mass is 10.0. The third kappa shape index (κ3) is 6.58. The number of hydrogen-bond donors (Lipinski definition) is 5. The van der Waals surface area contributed by atoms with Crippen LogP contribution in [-0.2, 0) is 33.6 Å². The first kappa shape index (κ1) is 26.7. The lowest BCUT2D eigenvalue weighted by molar-refractivity contribution is -0.131. The zero-order valence-corrected chi connectivity index (χ0v) is 22.4. The van der Waals surface area contributed by atoms with Crippen molar-refractivity contribution >= 4 is 39.5 Å². The van der Waals surface area contributed by atoms with E-state index in [9.17, 15) is 14.4 Å². The molecule has 0 aliphatic carbocycles. The van der Waals surface area contributed by atoms with E-state index in [1.807, 2.05) is 91.1 Å². The van der Waals surface area contributed by atoms with Crippen LogP contribution in [0.25, 0.3) is 21.8 Å². The molecule has 0 bridgehead atoms. The Bertz CT molecular complexity index is 1590. The fourth-order valence-electron chi connectivity index (χ4n) is 4.88. The molecule has 0 aliphatic heterocycles. The van der Waals surface area contributed by atoms with E-state index in [0.717, 1.165) is 38.6 Å². The Morgan fingerprint density at radius 3 is 2.35 bits per heavy atom. The molecule has 0 saturated carbocycles. The summed E-state index contributed by atoms with van der Waals surface area (Å²) in [4.78, 5) is 45.6. The van der Waals surface area contributed by atoms with Crippen LogP contribution in [0, 0.1) is 0 Å². The summed E-state index contributed by atoms with van der Waals surface area (Å²) in [6, 6.07) is 25.8. The van der Waals surface area contributed by atoms with Crippen molar-refractivity contribution in [3.8, 4) is 0 Å². The first-order valence-electron chi connectivity index (χ1n) is 13.5. The van der Waals surface area contributed by atoms with E-state index < -0.39 is 18.0 Å². The van der Waals surface area contributed by atoms with Gasteiger partial charge in [0.1, 0.15) is 12.1 Å². The highest BCUT2D eigenvalue weighted by atomic mass is 16.2. The van der Waals surface area contributed by atoms with Crippen LogP contribution in [0.5, 0.6) is 0 Å². The Balaban J connectivity index is 1.22. The second-order valence-electron chi connectivity index (χ2n) is 10.00. The zero-order valence-electron chi connectivity index (χ0n) is 22.4. The lowest BCUT2D eigenvalue weighted by Gasteiger charge is -2.21. The number of H-pyrrole nitrogens is 2. The maximum atomic E-state index is 13.3. The average Bonchev–Trinajstić information content (AvgIpc) is 3.56. The summed E-state index contributed by atoms with van der Waals surface area (Å²) in [5.74, 6) is -0.978. The van der Waals surface area contributed by atoms with Crippen molar-refractivity contribution < 1.29 is 14.4 Å². The number of aromatic amines is 2. The molecule has 40 heavy (non-hydrogen) atoms. The Morgan fingerprint density at radius 1 is 0.825 bits per heavy atom. The summed E-state index contributed by atoms with van der Waals surface area (Å²) in [5.41, 5.74) is 4.72. The minimum absolute atomic E-state index is 0.116. The van der Waals surface area contributed by atoms with E-state index in [4.69, 9.17) is 0 Å². The maximum absolute atomic E-state index is 13.3. The SMILES string of the molecule is C[C@H](NC(=O)Cc1cc2ccccc2[nH]1)C(=O)N[C@H](Cc1c[nH]c2ccccc12)C(=O)NCCc1ccccc1. The van der Waals surface area contributed by atoms with Gasteiger partial charge in [0.15, 0.2) is 0 Å². The van der Waals surface area contributed by atoms with Crippen LogP contribution >= 0.6 is 0 Å². The van der Waals surface area contributed by atoms with Gasteiger partial charge in [-0.3, -0.25) is 14.4 Å². The molecule has 2 heterocycles. The van der Waals surface area contributed by atoms with Gasteiger partial charge in [0.05, 0.1) is 6.42 Å². The Morgan fingerprint density at radius 2 is 1.55 bits per heavy atom. The van der Waals surface area contributed by atoms with Crippen LogP contribution in [0.15, 0.2) is 91.1 Å². The molecule has 3 aromatic carbocycles. The number of para-hydroxylation sites is 2. The highest BCUT2D eigenvalue weighted by Gasteiger charge is 2.25. The Labute approximate surface area is 232 Å². The van der Waals surface area contributed by atoms with Crippen LogP contribution in [0.3, 0.4) is 0 Å². The first-order chi connectivity index (χ1) is 19.5. The molecular formula is C32H33N5O3. The van der Waals surface area contributed by atoms with E-state index in [1.54, 1.807) is 6.92 Å². The van der Waals surface area contributed by atoms with Crippen LogP contribution in [0.1, 0.15) is 23.7 Å². The third-order valence-corrected chi connectivity index (χ3v) is 7.00. The molecule has 0 spiro atoms. The molecule has 0 fully saturated rings. The highest BCUT2D eigenvalue weighted by Crippen LogP contribution is 2.19. The largest absolute Gasteiger partial charge is 0.361 e. The second kappa shape index (κ2) is 12.3. The smallest absolute Gasteiger partial charge is 0.242 e. The number of benzene rings is 3. The van der Waals surface area contributed by atoms with Crippen molar-refractivity contribution in [3.63, 3.8) is 0 Å². The number of carbonyl (C=O) groups excluding carboxylic acids is 3. The molecule has 0 aliphatic rings. The fraction of sp³-hybridized carbons (Fsp3) is 0.219. The van der Waals surface area contributed by atoms with Crippen LogP contribution < -0.4 is 16.0 Å². The van der Waals surface area contributed by atoms with E-state index in [0.29, 0.717) is 19.4 Å². The Hall–Kier alpha value is -4.85. The molecule has 2 atom stereocenters. The van der Waals surface area contributed by atoms with Crippen molar-refractivity contribution in [3.05, 3.63) is 108 Å². The van der Waals surface area contributed by atoms with E-state index in [2.05, 4.69) is 25.9 Å². The molecule has 5 N–H and O–H groups in total. The number of amides is 3. The summed E-state index contributed by atoms with van der Waals surface area (Å²) in [6.07, 6.45) is 2.97. The molecular weight excluding hydrogens is 502 g/mol.